The molecule has 0 bridgehead atoms. The zero-order valence-corrected chi connectivity index (χ0v) is 12.9. The highest BCUT2D eigenvalue weighted by molar-refractivity contribution is 14.1. The Kier molecular flexibility index (Phi) is 4.27. The van der Waals surface area contributed by atoms with Crippen molar-refractivity contribution in [2.75, 3.05) is 0 Å². The summed E-state index contributed by atoms with van der Waals surface area (Å²) in [5.41, 5.74) is 3.75. The molecule has 0 aliphatic carbocycles. The minimum absolute atomic E-state index is 0.774. The lowest BCUT2D eigenvalue weighted by molar-refractivity contribution is 1.41. The van der Waals surface area contributed by atoms with Gasteiger partial charge in [0.05, 0.1) is 0 Å². The van der Waals surface area contributed by atoms with E-state index in [0.29, 0.717) is 0 Å². The summed E-state index contributed by atoms with van der Waals surface area (Å²) in [5, 5.41) is 1.67. The van der Waals surface area contributed by atoms with Crippen molar-refractivity contribution in [2.24, 2.45) is 0 Å². The van der Waals surface area contributed by atoms with Gasteiger partial charge < -0.3 is 0 Å². The van der Waals surface area contributed by atoms with Crippen molar-refractivity contribution >= 4 is 50.1 Å². The number of hydrogen-bond acceptors (Lipinski definition) is 0. The molecule has 0 N–H and O–H groups in total. The predicted molar refractivity (Wildman–Crippen MR) is 82.2 cm³/mol. The lowest BCUT2D eigenvalue weighted by Gasteiger charge is -2.06. The Hall–Kier alpha value is -0.0600. The molecule has 3 heteroatoms. The second-order valence-corrected chi connectivity index (χ2v) is 5.61. The van der Waals surface area contributed by atoms with Gasteiger partial charge in [0.15, 0.2) is 0 Å². The van der Waals surface area contributed by atoms with Gasteiger partial charge in [-0.15, -0.1) is 0 Å². The fraction of sp³-hybridized carbons (Fsp3) is 0.0769. The smallest absolute Gasteiger partial charge is 0.0406 e. The van der Waals surface area contributed by atoms with Crippen molar-refractivity contribution in [2.45, 2.75) is 5.33 Å². The zero-order valence-electron chi connectivity index (χ0n) is 8.38. The van der Waals surface area contributed by atoms with Gasteiger partial charge in [-0.3, -0.25) is 0 Å². The average molecular weight is 407 g/mol. The summed E-state index contributed by atoms with van der Waals surface area (Å²) in [6, 6.07) is 14.4. The van der Waals surface area contributed by atoms with Crippen LogP contribution in [0, 0.1) is 3.57 Å². The molecule has 0 aromatic heterocycles. The quantitative estimate of drug-likeness (QED) is 0.455. The Balaban J connectivity index is 2.44. The second kappa shape index (κ2) is 5.52. The summed E-state index contributed by atoms with van der Waals surface area (Å²) in [6.07, 6.45) is 0. The summed E-state index contributed by atoms with van der Waals surface area (Å²) >= 11 is 11.7. The van der Waals surface area contributed by atoms with Gasteiger partial charge in [0.25, 0.3) is 0 Å². The number of halogens is 3. The highest BCUT2D eigenvalue weighted by atomic mass is 127. The first kappa shape index (κ1) is 12.4. The van der Waals surface area contributed by atoms with Gasteiger partial charge in [-0.05, 0) is 57.5 Å². The molecule has 0 amide bonds. The van der Waals surface area contributed by atoms with Crippen LogP contribution in [0.4, 0.5) is 0 Å². The van der Waals surface area contributed by atoms with Crippen molar-refractivity contribution in [3.8, 4) is 11.1 Å². The average Bonchev–Trinajstić information content (AvgIpc) is 2.30. The first-order valence-corrected chi connectivity index (χ1v) is 7.39. The Bertz CT molecular complexity index is 494. The van der Waals surface area contributed by atoms with E-state index in [1.807, 2.05) is 24.3 Å². The van der Waals surface area contributed by atoms with Crippen LogP contribution in [0.25, 0.3) is 11.1 Å². The molecular formula is C13H9BrClI. The van der Waals surface area contributed by atoms with Crippen molar-refractivity contribution in [3.63, 3.8) is 0 Å². The molecule has 0 aliphatic rings. The molecule has 0 heterocycles. The Morgan fingerprint density at radius 1 is 1.06 bits per heavy atom. The molecule has 0 spiro atoms. The summed E-state index contributed by atoms with van der Waals surface area (Å²) < 4.78 is 1.26. The van der Waals surface area contributed by atoms with Crippen molar-refractivity contribution in [3.05, 3.63) is 56.6 Å². The molecule has 0 aliphatic heterocycles. The van der Waals surface area contributed by atoms with Gasteiger partial charge in [-0.2, -0.15) is 0 Å². The van der Waals surface area contributed by atoms with Crippen LogP contribution < -0.4 is 0 Å². The van der Waals surface area contributed by atoms with E-state index in [-0.39, 0.29) is 0 Å². The summed E-state index contributed by atoms with van der Waals surface area (Å²) in [7, 11) is 0. The number of rotatable bonds is 2. The third-order valence-corrected chi connectivity index (χ3v) is 4.13. The molecule has 82 valence electrons. The van der Waals surface area contributed by atoms with Crippen LogP contribution in [0.3, 0.4) is 0 Å². The largest absolute Gasteiger partial charge is 0.0876 e. The Morgan fingerprint density at radius 3 is 2.31 bits per heavy atom. The summed E-state index contributed by atoms with van der Waals surface area (Å²) in [6.45, 7) is 0. The molecule has 0 radical (unpaired) electrons. The molecule has 0 nitrogen and oxygen atoms in total. The lowest BCUT2D eigenvalue weighted by atomic mass is 10.0. The van der Waals surface area contributed by atoms with Crippen LogP contribution in [-0.2, 0) is 5.33 Å². The molecule has 0 unspecified atom stereocenters. The fourth-order valence-electron chi connectivity index (χ4n) is 1.51. The molecule has 0 fully saturated rings. The topological polar surface area (TPSA) is 0 Å². The molecule has 0 saturated heterocycles. The van der Waals surface area contributed by atoms with Crippen LogP contribution in [0.1, 0.15) is 5.56 Å². The van der Waals surface area contributed by atoms with Gasteiger partial charge in [0, 0.05) is 13.9 Å². The van der Waals surface area contributed by atoms with Crippen LogP contribution in [0.5, 0.6) is 0 Å². The Morgan fingerprint density at radius 2 is 1.75 bits per heavy atom. The fourth-order valence-corrected chi connectivity index (χ4v) is 2.87. The van der Waals surface area contributed by atoms with E-state index in [9.17, 15) is 0 Å². The number of benzene rings is 2. The van der Waals surface area contributed by atoms with E-state index in [1.165, 1.54) is 20.3 Å². The molecule has 2 rings (SSSR count). The zero-order chi connectivity index (χ0) is 11.5. The van der Waals surface area contributed by atoms with E-state index < -0.39 is 0 Å². The highest BCUT2D eigenvalue weighted by Crippen LogP contribution is 2.27. The van der Waals surface area contributed by atoms with E-state index in [4.69, 9.17) is 11.6 Å². The van der Waals surface area contributed by atoms with Gasteiger partial charge in [0.2, 0.25) is 0 Å². The van der Waals surface area contributed by atoms with Gasteiger partial charge in [0.1, 0.15) is 0 Å². The Labute approximate surface area is 122 Å². The van der Waals surface area contributed by atoms with Gasteiger partial charge in [-0.25, -0.2) is 0 Å². The van der Waals surface area contributed by atoms with Crippen LogP contribution >= 0.6 is 50.1 Å². The number of alkyl halides is 1. The minimum atomic E-state index is 0.774. The number of hydrogen-bond donors (Lipinski definition) is 0. The molecule has 16 heavy (non-hydrogen) atoms. The summed E-state index contributed by atoms with van der Waals surface area (Å²) in [5.74, 6) is 0. The van der Waals surface area contributed by atoms with Gasteiger partial charge in [-0.1, -0.05) is 51.8 Å². The van der Waals surface area contributed by atoms with Crippen LogP contribution in [0.2, 0.25) is 5.02 Å². The molecule has 0 saturated carbocycles. The predicted octanol–water partition coefficient (Wildman–Crippen LogP) is 5.51. The van der Waals surface area contributed by atoms with Crippen LogP contribution in [0.15, 0.2) is 42.5 Å². The third-order valence-electron chi connectivity index (χ3n) is 2.34. The maximum atomic E-state index is 5.88. The molecule has 0 atom stereocenters. The first-order valence-electron chi connectivity index (χ1n) is 4.81. The molecular weight excluding hydrogens is 398 g/mol. The van der Waals surface area contributed by atoms with Crippen molar-refractivity contribution in [1.29, 1.82) is 0 Å². The SMILES string of the molecule is Clc1ccc(-c2ccc(CBr)cc2I)cc1. The maximum absolute atomic E-state index is 5.88. The standard InChI is InChI=1S/C13H9BrClI/c14-8-9-1-6-12(13(16)7-9)10-2-4-11(15)5-3-10/h1-7H,8H2. The maximum Gasteiger partial charge on any atom is 0.0406 e. The monoisotopic (exact) mass is 406 g/mol. The lowest BCUT2D eigenvalue weighted by Crippen LogP contribution is -1.85. The summed E-state index contributed by atoms with van der Waals surface area (Å²) in [4.78, 5) is 0. The minimum Gasteiger partial charge on any atom is -0.0876 e. The normalized spacial score (nSPS) is 10.4. The second-order valence-electron chi connectivity index (χ2n) is 3.45. The van der Waals surface area contributed by atoms with Crippen molar-refractivity contribution in [1.82, 2.24) is 0 Å². The van der Waals surface area contributed by atoms with Crippen molar-refractivity contribution < 1.29 is 0 Å². The third kappa shape index (κ3) is 2.79. The molecule has 2 aromatic carbocycles. The van der Waals surface area contributed by atoms with E-state index in [2.05, 4.69) is 56.7 Å². The van der Waals surface area contributed by atoms with E-state index in [0.717, 1.165) is 10.4 Å². The van der Waals surface area contributed by atoms with E-state index in [1.54, 1.807) is 0 Å². The van der Waals surface area contributed by atoms with Gasteiger partial charge >= 0.3 is 0 Å². The first-order chi connectivity index (χ1) is 7.70. The van der Waals surface area contributed by atoms with Crippen LogP contribution in [-0.4, -0.2) is 0 Å². The van der Waals surface area contributed by atoms with E-state index >= 15 is 0 Å². The molecule has 2 aromatic rings. The highest BCUT2D eigenvalue weighted by Gasteiger charge is 2.03.